The Bertz CT molecular complexity index is 1020. The van der Waals surface area contributed by atoms with Crippen LogP contribution in [0, 0.1) is 0 Å². The molecule has 1 aromatic carbocycles. The van der Waals surface area contributed by atoms with Crippen LogP contribution in [0.25, 0.3) is 0 Å². The van der Waals surface area contributed by atoms with E-state index >= 15 is 0 Å². The molecule has 1 saturated carbocycles. The number of nitrogens with two attached hydrogens (primary N) is 1. The monoisotopic (exact) mass is 475 g/mol. The highest BCUT2D eigenvalue weighted by molar-refractivity contribution is 7.92. The number of nitrogens with zero attached hydrogens (tertiary/aromatic N) is 1. The number of sulfone groups is 1. The number of rotatable bonds is 8. The van der Waals surface area contributed by atoms with Crippen molar-refractivity contribution in [3.8, 4) is 0 Å². The summed E-state index contributed by atoms with van der Waals surface area (Å²) in [6, 6.07) is 1.39. The summed E-state index contributed by atoms with van der Waals surface area (Å²) in [4.78, 5) is 37.3. The van der Waals surface area contributed by atoms with Crippen LogP contribution in [0.1, 0.15) is 38.2 Å². The minimum atomic E-state index is -4.89. The number of ketones is 1. The van der Waals surface area contributed by atoms with E-state index in [0.717, 1.165) is 25.0 Å². The average Bonchev–Trinajstić information content (AvgIpc) is 3.41. The molecule has 2 fully saturated rings. The van der Waals surface area contributed by atoms with Crippen molar-refractivity contribution in [2.45, 2.75) is 67.1 Å². The molecule has 1 saturated heterocycles. The van der Waals surface area contributed by atoms with E-state index in [1.54, 1.807) is 6.92 Å². The van der Waals surface area contributed by atoms with Gasteiger partial charge >= 0.3 is 6.18 Å². The third kappa shape index (κ3) is 4.80. The number of hydrogen-bond acceptors (Lipinski definition) is 6. The molecule has 2 unspecified atom stereocenters. The number of hydrogen-bond donors (Lipinski definition) is 2. The largest absolute Gasteiger partial charge is 0.417 e. The number of nitrogens with one attached hydrogen (secondary N) is 1. The molecule has 0 spiro atoms. The van der Waals surface area contributed by atoms with Gasteiger partial charge in [0.2, 0.25) is 11.7 Å². The Morgan fingerprint density at radius 2 is 1.84 bits per heavy atom. The Kier molecular flexibility index (Phi) is 6.66. The summed E-state index contributed by atoms with van der Waals surface area (Å²) in [7, 11) is -4.53. The van der Waals surface area contributed by atoms with E-state index in [9.17, 15) is 36.0 Å². The predicted octanol–water partition coefficient (Wildman–Crippen LogP) is 1.03. The quantitative estimate of drug-likeness (QED) is 0.541. The van der Waals surface area contributed by atoms with Crippen molar-refractivity contribution in [1.29, 1.82) is 0 Å². The van der Waals surface area contributed by atoms with Crippen molar-refractivity contribution >= 4 is 27.4 Å². The first-order valence-electron chi connectivity index (χ1n) is 10.2. The Morgan fingerprint density at radius 1 is 1.22 bits per heavy atom. The first kappa shape index (κ1) is 24.2. The minimum Gasteiger partial charge on any atom is -0.368 e. The minimum absolute atomic E-state index is 0.0820. The number of benzene rings is 1. The van der Waals surface area contributed by atoms with Crippen molar-refractivity contribution in [2.75, 3.05) is 6.54 Å². The van der Waals surface area contributed by atoms with Gasteiger partial charge in [0.15, 0.2) is 9.84 Å². The number of primary amides is 1. The fourth-order valence-corrected chi connectivity index (χ4v) is 5.93. The van der Waals surface area contributed by atoms with Crippen molar-refractivity contribution in [3.63, 3.8) is 0 Å². The van der Waals surface area contributed by atoms with E-state index in [-0.39, 0.29) is 18.9 Å². The Labute approximate surface area is 183 Å². The molecular formula is C20H24F3N3O5S. The second-order valence-corrected chi connectivity index (χ2v) is 10.2. The molecular weight excluding hydrogens is 451 g/mol. The predicted molar refractivity (Wildman–Crippen MR) is 107 cm³/mol. The van der Waals surface area contributed by atoms with Gasteiger partial charge in [0.25, 0.3) is 5.91 Å². The summed E-state index contributed by atoms with van der Waals surface area (Å²) in [5.41, 5.74) is 4.12. The van der Waals surface area contributed by atoms with Crippen LogP contribution in [-0.4, -0.2) is 60.8 Å². The van der Waals surface area contributed by atoms with Crippen molar-refractivity contribution in [2.24, 2.45) is 5.73 Å². The second-order valence-electron chi connectivity index (χ2n) is 8.05. The van der Waals surface area contributed by atoms with Crippen LogP contribution < -0.4 is 11.1 Å². The Hall–Kier alpha value is -2.47. The van der Waals surface area contributed by atoms with Gasteiger partial charge in [-0.3, -0.25) is 19.3 Å². The Balaban J connectivity index is 1.91. The van der Waals surface area contributed by atoms with Crippen molar-refractivity contribution in [3.05, 3.63) is 29.8 Å². The number of carbonyl (C=O) groups is 3. The number of amides is 2. The van der Waals surface area contributed by atoms with Gasteiger partial charge in [-0.1, -0.05) is 19.1 Å². The maximum absolute atomic E-state index is 13.4. The van der Waals surface area contributed by atoms with Gasteiger partial charge < -0.3 is 11.1 Å². The zero-order chi connectivity index (χ0) is 23.8. The maximum atomic E-state index is 13.4. The summed E-state index contributed by atoms with van der Waals surface area (Å²) in [6.45, 7) is 1.19. The van der Waals surface area contributed by atoms with Crippen LogP contribution in [0.15, 0.2) is 29.2 Å². The molecule has 3 rings (SSSR count). The number of alkyl halides is 3. The van der Waals surface area contributed by atoms with E-state index in [4.69, 9.17) is 5.73 Å². The lowest BCUT2D eigenvalue weighted by Gasteiger charge is -2.29. The van der Waals surface area contributed by atoms with Crippen LogP contribution in [0.4, 0.5) is 13.2 Å². The first-order valence-corrected chi connectivity index (χ1v) is 11.7. The molecule has 176 valence electrons. The summed E-state index contributed by atoms with van der Waals surface area (Å²) in [5.74, 6) is -2.59. The molecule has 2 aliphatic rings. The van der Waals surface area contributed by atoms with Crippen LogP contribution >= 0.6 is 0 Å². The zero-order valence-electron chi connectivity index (χ0n) is 17.3. The number of halogens is 3. The molecule has 3 atom stereocenters. The van der Waals surface area contributed by atoms with Crippen molar-refractivity contribution in [1.82, 2.24) is 10.2 Å². The maximum Gasteiger partial charge on any atom is 0.417 e. The summed E-state index contributed by atoms with van der Waals surface area (Å²) >= 11 is 0. The van der Waals surface area contributed by atoms with Gasteiger partial charge in [0.05, 0.1) is 27.8 Å². The highest BCUT2D eigenvalue weighted by Crippen LogP contribution is 2.38. The third-order valence-corrected chi connectivity index (χ3v) is 7.98. The lowest BCUT2D eigenvalue weighted by molar-refractivity contribution is -0.142. The lowest BCUT2D eigenvalue weighted by Crippen LogP contribution is -2.52. The lowest BCUT2D eigenvalue weighted by atomic mass is 10.1. The first-order chi connectivity index (χ1) is 14.9. The molecule has 1 aromatic rings. The zero-order valence-corrected chi connectivity index (χ0v) is 18.1. The van der Waals surface area contributed by atoms with Crippen LogP contribution in [-0.2, 0) is 30.4 Å². The molecule has 1 heterocycles. The molecule has 8 nitrogen and oxygen atoms in total. The van der Waals surface area contributed by atoms with Gasteiger partial charge in [0, 0.05) is 12.6 Å². The summed E-state index contributed by atoms with van der Waals surface area (Å²) < 4.78 is 66.5. The molecule has 0 aromatic heterocycles. The van der Waals surface area contributed by atoms with Crippen LogP contribution in [0.3, 0.4) is 0 Å². The van der Waals surface area contributed by atoms with Crippen LogP contribution in [0.5, 0.6) is 0 Å². The Morgan fingerprint density at radius 3 is 2.38 bits per heavy atom. The summed E-state index contributed by atoms with van der Waals surface area (Å²) in [6.07, 6.45) is -3.68. The van der Waals surface area contributed by atoms with E-state index in [1.807, 2.05) is 0 Å². The topological polar surface area (TPSA) is 127 Å². The fourth-order valence-electron chi connectivity index (χ4n) is 4.00. The third-order valence-electron chi connectivity index (χ3n) is 5.79. The van der Waals surface area contributed by atoms with E-state index in [0.29, 0.717) is 6.07 Å². The van der Waals surface area contributed by atoms with E-state index < -0.39 is 67.9 Å². The molecule has 0 radical (unpaired) electrons. The van der Waals surface area contributed by atoms with Gasteiger partial charge in [-0.2, -0.15) is 13.2 Å². The molecule has 1 aliphatic heterocycles. The van der Waals surface area contributed by atoms with Gasteiger partial charge in [0.1, 0.15) is 0 Å². The molecule has 2 amide bonds. The van der Waals surface area contributed by atoms with E-state index in [1.165, 1.54) is 11.0 Å². The van der Waals surface area contributed by atoms with Gasteiger partial charge in [-0.15, -0.1) is 0 Å². The molecule has 32 heavy (non-hydrogen) atoms. The number of Topliss-reactive ketones (excluding diaryl/α,β-unsaturated/α-hetero) is 1. The smallest absolute Gasteiger partial charge is 0.368 e. The molecule has 12 heteroatoms. The fraction of sp³-hybridized carbons (Fsp3) is 0.550. The standard InChI is InChI=1S/C20H24F3N3O5S/c1-2-14(17(27)19(29)25-11-7-8-11)26-10-12(9-15(26)18(24)28)32(30,31)16-6-4-3-5-13(16)20(21,22)23/h3-6,11-12,14-15H,2,7-10H2,1H3,(H2,24,28)(H,25,29)/t12?,14-,15?/m0/s1. The van der Waals surface area contributed by atoms with Crippen molar-refractivity contribution < 1.29 is 36.0 Å². The number of likely N-dealkylation sites (tertiary alicyclic amines) is 1. The average molecular weight is 475 g/mol. The van der Waals surface area contributed by atoms with Crippen LogP contribution in [0.2, 0.25) is 0 Å². The normalized spacial score (nSPS) is 23.0. The highest BCUT2D eigenvalue weighted by Gasteiger charge is 2.49. The number of carbonyl (C=O) groups excluding carboxylic acids is 3. The molecule has 0 bridgehead atoms. The molecule has 1 aliphatic carbocycles. The highest BCUT2D eigenvalue weighted by atomic mass is 32.2. The van der Waals surface area contributed by atoms with E-state index in [2.05, 4.69) is 5.32 Å². The SMILES string of the molecule is CC[C@@H](C(=O)C(=O)NC1CC1)N1CC(S(=O)(=O)c2ccccc2C(F)(F)F)CC1C(N)=O. The van der Waals surface area contributed by atoms with Gasteiger partial charge in [-0.25, -0.2) is 8.42 Å². The second kappa shape index (κ2) is 8.81. The summed E-state index contributed by atoms with van der Waals surface area (Å²) in [5, 5.41) is 1.15. The van der Waals surface area contributed by atoms with Gasteiger partial charge in [-0.05, 0) is 37.8 Å². The molecule has 3 N–H and O–H groups in total.